The van der Waals surface area contributed by atoms with Gasteiger partial charge in [0.05, 0.1) is 6.10 Å². The molecule has 0 N–H and O–H groups in total. The van der Waals surface area contributed by atoms with Crippen molar-refractivity contribution in [2.75, 3.05) is 27.8 Å². The summed E-state index contributed by atoms with van der Waals surface area (Å²) in [5.74, 6) is 0.0726. The van der Waals surface area contributed by atoms with Crippen molar-refractivity contribution in [3.05, 3.63) is 0 Å². The van der Waals surface area contributed by atoms with E-state index in [9.17, 15) is 4.79 Å². The van der Waals surface area contributed by atoms with Gasteiger partial charge in [0.2, 0.25) is 0 Å². The summed E-state index contributed by atoms with van der Waals surface area (Å²) in [6.07, 6.45) is -0.970. The zero-order chi connectivity index (χ0) is 11.5. The maximum atomic E-state index is 11.5. The Kier molecular flexibility index (Phi) is 3.88. The van der Waals surface area contributed by atoms with Crippen LogP contribution in [-0.2, 0) is 28.5 Å². The van der Waals surface area contributed by atoms with Crippen LogP contribution in [0, 0.1) is 0 Å². The van der Waals surface area contributed by atoms with Gasteiger partial charge in [0, 0.05) is 20.6 Å². The largest absolute Gasteiger partial charge is 0.361 e. The SMILES string of the molecule is COCOC1C2CC(=O)C(O2)[C@@H]1OCOC. The number of hydrogen-bond acceptors (Lipinski definition) is 6. The standard InChI is InChI=1S/C10H16O6/c1-12-4-14-9-7-3-6(11)8(16-7)10(9)15-5-13-2/h7-10H,3-5H2,1-2H3/t7?,8?,9?,10-/m0/s1. The van der Waals surface area contributed by atoms with Gasteiger partial charge in [0.15, 0.2) is 5.78 Å². The third-order valence-corrected chi connectivity index (χ3v) is 2.79. The second-order valence-corrected chi connectivity index (χ2v) is 3.84. The van der Waals surface area contributed by atoms with E-state index in [1.165, 1.54) is 7.11 Å². The Balaban J connectivity index is 1.96. The van der Waals surface area contributed by atoms with Crippen LogP contribution in [0.3, 0.4) is 0 Å². The molecule has 2 fully saturated rings. The Morgan fingerprint density at radius 2 is 1.81 bits per heavy atom. The minimum Gasteiger partial charge on any atom is -0.361 e. The molecule has 2 aliphatic heterocycles. The average Bonchev–Trinajstić information content (AvgIpc) is 2.80. The number of Topliss-reactive ketones (excluding diaryl/α,β-unsaturated/α-hetero) is 1. The number of carbonyl (C=O) groups is 1. The molecular formula is C10H16O6. The minimum absolute atomic E-state index is 0.0726. The van der Waals surface area contributed by atoms with Gasteiger partial charge in [-0.1, -0.05) is 0 Å². The molecule has 16 heavy (non-hydrogen) atoms. The highest BCUT2D eigenvalue weighted by molar-refractivity contribution is 5.87. The van der Waals surface area contributed by atoms with E-state index in [0.29, 0.717) is 6.42 Å². The van der Waals surface area contributed by atoms with Gasteiger partial charge in [-0.05, 0) is 0 Å². The number of ketones is 1. The summed E-state index contributed by atoms with van der Waals surface area (Å²) in [6.45, 7) is 0.287. The van der Waals surface area contributed by atoms with Gasteiger partial charge in [0.1, 0.15) is 31.9 Å². The van der Waals surface area contributed by atoms with Crippen LogP contribution in [0.1, 0.15) is 6.42 Å². The molecule has 0 radical (unpaired) electrons. The van der Waals surface area contributed by atoms with Gasteiger partial charge in [-0.25, -0.2) is 0 Å². The third kappa shape index (κ3) is 2.11. The summed E-state index contributed by atoms with van der Waals surface area (Å²) in [7, 11) is 3.07. The molecule has 2 bridgehead atoms. The molecule has 2 saturated heterocycles. The van der Waals surface area contributed by atoms with E-state index in [2.05, 4.69) is 0 Å². The normalized spacial score (nSPS) is 37.2. The summed E-state index contributed by atoms with van der Waals surface area (Å²) in [5, 5.41) is 0. The van der Waals surface area contributed by atoms with E-state index in [-0.39, 0.29) is 37.7 Å². The van der Waals surface area contributed by atoms with Crippen LogP contribution in [0.25, 0.3) is 0 Å². The lowest BCUT2D eigenvalue weighted by Gasteiger charge is -2.26. The summed E-state index contributed by atoms with van der Waals surface area (Å²) in [4.78, 5) is 11.5. The predicted molar refractivity (Wildman–Crippen MR) is 51.8 cm³/mol. The fraction of sp³-hybridized carbons (Fsp3) is 0.900. The zero-order valence-electron chi connectivity index (χ0n) is 9.38. The summed E-state index contributed by atoms with van der Waals surface area (Å²) < 4.78 is 26.0. The Hall–Kier alpha value is -0.530. The topological polar surface area (TPSA) is 63.2 Å². The van der Waals surface area contributed by atoms with Crippen molar-refractivity contribution >= 4 is 5.78 Å². The molecule has 0 aromatic rings. The molecule has 3 unspecified atom stereocenters. The fourth-order valence-electron chi connectivity index (χ4n) is 2.14. The van der Waals surface area contributed by atoms with Gasteiger partial charge >= 0.3 is 0 Å². The molecule has 2 rings (SSSR count). The predicted octanol–water partition coefficient (Wildman–Crippen LogP) is -0.295. The quantitative estimate of drug-likeness (QED) is 0.586. The fourth-order valence-corrected chi connectivity index (χ4v) is 2.14. The first-order chi connectivity index (χ1) is 7.77. The van der Waals surface area contributed by atoms with E-state index in [4.69, 9.17) is 23.7 Å². The summed E-state index contributed by atoms with van der Waals surface area (Å²) >= 11 is 0. The van der Waals surface area contributed by atoms with E-state index >= 15 is 0 Å². The van der Waals surface area contributed by atoms with Crippen LogP contribution in [0.2, 0.25) is 0 Å². The van der Waals surface area contributed by atoms with Crippen molar-refractivity contribution in [1.29, 1.82) is 0 Å². The van der Waals surface area contributed by atoms with Crippen molar-refractivity contribution in [1.82, 2.24) is 0 Å². The third-order valence-electron chi connectivity index (χ3n) is 2.79. The van der Waals surface area contributed by atoms with Gasteiger partial charge in [-0.2, -0.15) is 0 Å². The second-order valence-electron chi connectivity index (χ2n) is 3.84. The molecular weight excluding hydrogens is 216 g/mol. The Morgan fingerprint density at radius 3 is 2.44 bits per heavy atom. The molecule has 6 heteroatoms. The van der Waals surface area contributed by atoms with Gasteiger partial charge in [-0.15, -0.1) is 0 Å². The maximum absolute atomic E-state index is 11.5. The highest BCUT2D eigenvalue weighted by atomic mass is 16.7. The van der Waals surface area contributed by atoms with Crippen molar-refractivity contribution in [2.24, 2.45) is 0 Å². The summed E-state index contributed by atoms with van der Waals surface area (Å²) in [5.41, 5.74) is 0. The van der Waals surface area contributed by atoms with Crippen LogP contribution >= 0.6 is 0 Å². The molecule has 0 spiro atoms. The van der Waals surface area contributed by atoms with Crippen LogP contribution in [0.4, 0.5) is 0 Å². The monoisotopic (exact) mass is 232 g/mol. The summed E-state index contributed by atoms with van der Waals surface area (Å²) in [6, 6.07) is 0. The number of methoxy groups -OCH3 is 2. The van der Waals surface area contributed by atoms with E-state index in [1.807, 2.05) is 0 Å². The van der Waals surface area contributed by atoms with Gasteiger partial charge < -0.3 is 23.7 Å². The lowest BCUT2D eigenvalue weighted by atomic mass is 9.93. The van der Waals surface area contributed by atoms with Crippen LogP contribution in [-0.4, -0.2) is 58.0 Å². The van der Waals surface area contributed by atoms with E-state index in [0.717, 1.165) is 0 Å². The maximum Gasteiger partial charge on any atom is 0.167 e. The smallest absolute Gasteiger partial charge is 0.167 e. The molecule has 92 valence electrons. The number of hydrogen-bond donors (Lipinski definition) is 0. The van der Waals surface area contributed by atoms with Crippen molar-refractivity contribution in [3.8, 4) is 0 Å². The van der Waals surface area contributed by atoms with Gasteiger partial charge in [-0.3, -0.25) is 4.79 Å². The molecule has 2 aliphatic rings. The molecule has 2 heterocycles. The molecule has 0 aromatic carbocycles. The Labute approximate surface area is 93.7 Å². The number of fused-ring (bicyclic) bond motifs is 2. The average molecular weight is 232 g/mol. The Morgan fingerprint density at radius 1 is 1.19 bits per heavy atom. The first-order valence-electron chi connectivity index (χ1n) is 5.17. The second kappa shape index (κ2) is 5.20. The number of rotatable bonds is 6. The molecule has 0 amide bonds. The Bertz CT molecular complexity index is 256. The van der Waals surface area contributed by atoms with Gasteiger partial charge in [0.25, 0.3) is 0 Å². The molecule has 4 atom stereocenters. The highest BCUT2D eigenvalue weighted by Gasteiger charge is 2.55. The van der Waals surface area contributed by atoms with Crippen molar-refractivity contribution in [3.63, 3.8) is 0 Å². The molecule has 6 nitrogen and oxygen atoms in total. The van der Waals surface area contributed by atoms with E-state index < -0.39 is 6.10 Å². The lowest BCUT2D eigenvalue weighted by Crippen LogP contribution is -2.45. The number of carbonyl (C=O) groups excluding carboxylic acids is 1. The van der Waals surface area contributed by atoms with Crippen LogP contribution < -0.4 is 0 Å². The highest BCUT2D eigenvalue weighted by Crippen LogP contribution is 2.36. The first kappa shape index (κ1) is 11.9. The number of ether oxygens (including phenoxy) is 5. The van der Waals surface area contributed by atoms with E-state index in [1.54, 1.807) is 7.11 Å². The molecule has 0 aromatic heterocycles. The zero-order valence-corrected chi connectivity index (χ0v) is 9.38. The van der Waals surface area contributed by atoms with Crippen molar-refractivity contribution < 1.29 is 28.5 Å². The van der Waals surface area contributed by atoms with Crippen LogP contribution in [0.15, 0.2) is 0 Å². The molecule has 0 saturated carbocycles. The minimum atomic E-state index is -0.512. The lowest BCUT2D eigenvalue weighted by molar-refractivity contribution is -0.163. The molecule has 0 aliphatic carbocycles. The van der Waals surface area contributed by atoms with Crippen molar-refractivity contribution in [2.45, 2.75) is 30.8 Å². The first-order valence-corrected chi connectivity index (χ1v) is 5.17. The van der Waals surface area contributed by atoms with Crippen LogP contribution in [0.5, 0.6) is 0 Å².